The molecule has 9 heteroatoms. The number of carbonyl (C=O) groups is 2. The van der Waals surface area contributed by atoms with Crippen LogP contribution in [-0.2, 0) is 24.3 Å². The minimum absolute atomic E-state index is 0.0218. The molecule has 28 heavy (non-hydrogen) atoms. The molecule has 0 N–H and O–H groups in total. The lowest BCUT2D eigenvalue weighted by molar-refractivity contribution is -0.148. The summed E-state index contributed by atoms with van der Waals surface area (Å²) in [6.07, 6.45) is 3.01. The van der Waals surface area contributed by atoms with Crippen LogP contribution in [0.1, 0.15) is 25.7 Å². The Morgan fingerprint density at radius 1 is 1.14 bits per heavy atom. The average Bonchev–Trinajstić information content (AvgIpc) is 2.69. The second-order valence-electron chi connectivity index (χ2n) is 6.81. The number of anilines is 1. The molecule has 1 aliphatic rings. The van der Waals surface area contributed by atoms with Gasteiger partial charge in [-0.2, -0.15) is 0 Å². The smallest absolute Gasteiger partial charge is 0.308 e. The molecule has 1 saturated heterocycles. The van der Waals surface area contributed by atoms with Gasteiger partial charge in [-0.25, -0.2) is 8.42 Å². The van der Waals surface area contributed by atoms with Crippen LogP contribution in [0.3, 0.4) is 0 Å². The fraction of sp³-hybridized carbons (Fsp3) is 0.579. The van der Waals surface area contributed by atoms with Crippen LogP contribution in [-0.4, -0.2) is 65.3 Å². The van der Waals surface area contributed by atoms with Gasteiger partial charge in [-0.15, -0.1) is 0 Å². The first-order valence-corrected chi connectivity index (χ1v) is 11.1. The van der Waals surface area contributed by atoms with Gasteiger partial charge in [0.1, 0.15) is 5.75 Å². The van der Waals surface area contributed by atoms with Crippen molar-refractivity contribution in [3.8, 4) is 5.75 Å². The lowest BCUT2D eigenvalue weighted by Gasteiger charge is -2.31. The van der Waals surface area contributed by atoms with Crippen molar-refractivity contribution in [3.63, 3.8) is 0 Å². The van der Waals surface area contributed by atoms with E-state index < -0.39 is 10.0 Å². The molecule has 0 saturated carbocycles. The number of methoxy groups -OCH3 is 2. The summed E-state index contributed by atoms with van der Waals surface area (Å²) < 4.78 is 35.4. The monoisotopic (exact) mass is 412 g/mol. The Bertz CT molecular complexity index is 770. The molecule has 1 aromatic rings. The molecule has 2 rings (SSSR count). The maximum absolute atomic E-state index is 12.4. The number of ether oxygens (including phenoxy) is 2. The van der Waals surface area contributed by atoms with E-state index in [0.717, 1.165) is 6.26 Å². The average molecular weight is 413 g/mol. The molecule has 0 atom stereocenters. The molecule has 1 aromatic carbocycles. The molecule has 156 valence electrons. The van der Waals surface area contributed by atoms with Gasteiger partial charge in [-0.3, -0.25) is 13.9 Å². The zero-order chi connectivity index (χ0) is 20.7. The van der Waals surface area contributed by atoms with E-state index in [2.05, 4.69) is 0 Å². The van der Waals surface area contributed by atoms with Gasteiger partial charge in [0.05, 0.1) is 32.1 Å². The number of hydrogen-bond acceptors (Lipinski definition) is 6. The van der Waals surface area contributed by atoms with Crippen molar-refractivity contribution >= 4 is 27.6 Å². The predicted octanol–water partition coefficient (Wildman–Crippen LogP) is 1.65. The summed E-state index contributed by atoms with van der Waals surface area (Å²) in [5, 5.41) is 0. The van der Waals surface area contributed by atoms with Crippen molar-refractivity contribution < 1.29 is 27.5 Å². The molecule has 0 spiro atoms. The third kappa shape index (κ3) is 5.85. The normalized spacial score (nSPS) is 15.2. The van der Waals surface area contributed by atoms with E-state index in [-0.39, 0.29) is 30.8 Å². The lowest BCUT2D eigenvalue weighted by Crippen LogP contribution is -2.40. The van der Waals surface area contributed by atoms with Crippen LogP contribution in [0.4, 0.5) is 5.69 Å². The standard InChI is InChI=1S/C19H28N2O6S/c1-26-17-8-6-16(7-9-17)21(28(3,24)25)12-4-5-18(22)20-13-10-15(11-14-20)19(23)27-2/h6-9,15H,4-5,10-14H2,1-3H3. The van der Waals surface area contributed by atoms with Crippen molar-refractivity contribution in [1.29, 1.82) is 0 Å². The number of esters is 1. The quantitative estimate of drug-likeness (QED) is 0.603. The molecule has 0 bridgehead atoms. The molecule has 1 amide bonds. The fourth-order valence-corrected chi connectivity index (χ4v) is 4.26. The summed E-state index contributed by atoms with van der Waals surface area (Å²) >= 11 is 0. The maximum atomic E-state index is 12.4. The van der Waals surface area contributed by atoms with E-state index in [1.807, 2.05) is 0 Å². The largest absolute Gasteiger partial charge is 0.497 e. The molecular weight excluding hydrogens is 384 g/mol. The van der Waals surface area contributed by atoms with Crippen molar-refractivity contribution in [3.05, 3.63) is 24.3 Å². The SMILES string of the molecule is COC(=O)C1CCN(C(=O)CCCN(c2ccc(OC)cc2)S(C)(=O)=O)CC1. The molecule has 0 aliphatic carbocycles. The number of piperidine rings is 1. The first-order valence-electron chi connectivity index (χ1n) is 9.23. The highest BCUT2D eigenvalue weighted by atomic mass is 32.2. The van der Waals surface area contributed by atoms with Crippen molar-refractivity contribution in [1.82, 2.24) is 4.90 Å². The van der Waals surface area contributed by atoms with E-state index in [1.54, 1.807) is 36.3 Å². The van der Waals surface area contributed by atoms with Crippen LogP contribution in [0, 0.1) is 5.92 Å². The highest BCUT2D eigenvalue weighted by molar-refractivity contribution is 7.92. The molecule has 1 fully saturated rings. The Kier molecular flexibility index (Phi) is 7.68. The Balaban J connectivity index is 1.88. The number of likely N-dealkylation sites (tertiary alicyclic amines) is 1. The van der Waals surface area contributed by atoms with E-state index in [4.69, 9.17) is 9.47 Å². The van der Waals surface area contributed by atoms with Gasteiger partial charge >= 0.3 is 5.97 Å². The minimum atomic E-state index is -3.46. The van der Waals surface area contributed by atoms with Gasteiger partial charge in [0, 0.05) is 26.1 Å². The van der Waals surface area contributed by atoms with Crippen LogP contribution >= 0.6 is 0 Å². The van der Waals surface area contributed by atoms with Crippen molar-refractivity contribution in [2.45, 2.75) is 25.7 Å². The van der Waals surface area contributed by atoms with E-state index >= 15 is 0 Å². The zero-order valence-corrected chi connectivity index (χ0v) is 17.4. The van der Waals surface area contributed by atoms with Gasteiger partial charge in [0.25, 0.3) is 0 Å². The van der Waals surface area contributed by atoms with Crippen molar-refractivity contribution in [2.24, 2.45) is 5.92 Å². The number of carbonyl (C=O) groups excluding carboxylic acids is 2. The number of benzene rings is 1. The number of amides is 1. The molecule has 1 aliphatic heterocycles. The first kappa shape index (κ1) is 22.0. The predicted molar refractivity (Wildman–Crippen MR) is 106 cm³/mol. The summed E-state index contributed by atoms with van der Waals surface area (Å²) in [5.41, 5.74) is 0.537. The van der Waals surface area contributed by atoms with E-state index in [9.17, 15) is 18.0 Å². The van der Waals surface area contributed by atoms with Gasteiger partial charge in [-0.1, -0.05) is 0 Å². The second-order valence-corrected chi connectivity index (χ2v) is 8.72. The molecule has 8 nitrogen and oxygen atoms in total. The third-order valence-corrected chi connectivity index (χ3v) is 6.09. The number of sulfonamides is 1. The van der Waals surface area contributed by atoms with E-state index in [0.29, 0.717) is 43.8 Å². The third-order valence-electron chi connectivity index (χ3n) is 4.89. The van der Waals surface area contributed by atoms with E-state index in [1.165, 1.54) is 11.4 Å². The maximum Gasteiger partial charge on any atom is 0.308 e. The highest BCUT2D eigenvalue weighted by Crippen LogP contribution is 2.23. The molecule has 0 aromatic heterocycles. The van der Waals surface area contributed by atoms with Gasteiger partial charge in [0.15, 0.2) is 0 Å². The zero-order valence-electron chi connectivity index (χ0n) is 16.6. The number of nitrogens with zero attached hydrogens (tertiary/aromatic N) is 2. The molecular formula is C19H28N2O6S. The Labute approximate surface area is 166 Å². The topological polar surface area (TPSA) is 93.2 Å². The molecule has 0 radical (unpaired) electrons. The molecule has 0 unspecified atom stereocenters. The van der Waals surface area contributed by atoms with Crippen LogP contribution in [0.5, 0.6) is 5.75 Å². The lowest BCUT2D eigenvalue weighted by atomic mass is 9.97. The Hall–Kier alpha value is -2.29. The summed E-state index contributed by atoms with van der Waals surface area (Å²) in [4.78, 5) is 25.7. The first-order chi connectivity index (χ1) is 13.3. The summed E-state index contributed by atoms with van der Waals surface area (Å²) in [6.45, 7) is 1.26. The number of rotatable bonds is 8. The highest BCUT2D eigenvalue weighted by Gasteiger charge is 2.27. The van der Waals surface area contributed by atoms with Crippen LogP contribution in [0.25, 0.3) is 0 Å². The van der Waals surface area contributed by atoms with Crippen molar-refractivity contribution in [2.75, 3.05) is 44.4 Å². The second kappa shape index (κ2) is 9.77. The Morgan fingerprint density at radius 2 is 1.75 bits per heavy atom. The summed E-state index contributed by atoms with van der Waals surface area (Å²) in [7, 11) is -0.548. The van der Waals surface area contributed by atoms with Crippen LogP contribution < -0.4 is 9.04 Å². The molecule has 1 heterocycles. The van der Waals surface area contributed by atoms with Crippen LogP contribution in [0.15, 0.2) is 24.3 Å². The number of hydrogen-bond donors (Lipinski definition) is 0. The van der Waals surface area contributed by atoms with Gasteiger partial charge in [0.2, 0.25) is 15.9 Å². The van der Waals surface area contributed by atoms with Gasteiger partial charge < -0.3 is 14.4 Å². The fourth-order valence-electron chi connectivity index (χ4n) is 3.30. The Morgan fingerprint density at radius 3 is 2.25 bits per heavy atom. The summed E-state index contributed by atoms with van der Waals surface area (Å²) in [6, 6.07) is 6.76. The minimum Gasteiger partial charge on any atom is -0.497 e. The summed E-state index contributed by atoms with van der Waals surface area (Å²) in [5.74, 6) is 0.245. The van der Waals surface area contributed by atoms with Gasteiger partial charge in [-0.05, 0) is 43.5 Å². The van der Waals surface area contributed by atoms with Crippen LogP contribution in [0.2, 0.25) is 0 Å².